The summed E-state index contributed by atoms with van der Waals surface area (Å²) < 4.78 is 5.40. The van der Waals surface area contributed by atoms with Crippen LogP contribution in [0.4, 0.5) is 0 Å². The second-order valence-corrected chi connectivity index (χ2v) is 4.86. The van der Waals surface area contributed by atoms with Crippen LogP contribution in [0.5, 0.6) is 0 Å². The minimum atomic E-state index is -0.146. The quantitative estimate of drug-likeness (QED) is 0.921. The van der Waals surface area contributed by atoms with Gasteiger partial charge < -0.3 is 15.1 Å². The summed E-state index contributed by atoms with van der Waals surface area (Å²) >= 11 is 5.95. The third-order valence-corrected chi connectivity index (χ3v) is 3.24. The fourth-order valence-electron chi connectivity index (χ4n) is 1.94. The molecule has 1 amide bonds. The zero-order chi connectivity index (χ0) is 14.5. The van der Waals surface area contributed by atoms with Crippen molar-refractivity contribution in [3.63, 3.8) is 0 Å². The van der Waals surface area contributed by atoms with Crippen molar-refractivity contribution in [2.45, 2.75) is 20.0 Å². The third kappa shape index (κ3) is 3.40. The van der Waals surface area contributed by atoms with Crippen LogP contribution in [-0.2, 0) is 13.1 Å². The van der Waals surface area contributed by atoms with E-state index in [2.05, 4.69) is 0 Å². The monoisotopic (exact) mass is 292 g/mol. The normalized spacial score (nSPS) is 10.6. The molecule has 0 radical (unpaired) electrons. The van der Waals surface area contributed by atoms with Gasteiger partial charge >= 0.3 is 0 Å². The van der Waals surface area contributed by atoms with Crippen LogP contribution in [0.3, 0.4) is 0 Å². The molecule has 0 fully saturated rings. The molecule has 0 aliphatic rings. The molecule has 0 saturated heterocycles. The first-order valence-corrected chi connectivity index (χ1v) is 6.84. The number of carbonyl (C=O) groups excluding carboxylic acids is 1. The van der Waals surface area contributed by atoms with Gasteiger partial charge in [0.25, 0.3) is 5.91 Å². The Morgan fingerprint density at radius 3 is 2.75 bits per heavy atom. The molecule has 2 N–H and O–H groups in total. The topological polar surface area (TPSA) is 59.5 Å². The summed E-state index contributed by atoms with van der Waals surface area (Å²) in [6.07, 6.45) is 0. The lowest BCUT2D eigenvalue weighted by Gasteiger charge is -2.19. The SMILES string of the molecule is CCN(Cc1cccc(Cl)c1)C(=O)c1ccc(CN)o1. The van der Waals surface area contributed by atoms with Gasteiger partial charge in [-0.3, -0.25) is 4.79 Å². The van der Waals surface area contributed by atoms with Crippen LogP contribution in [-0.4, -0.2) is 17.4 Å². The van der Waals surface area contributed by atoms with E-state index in [0.29, 0.717) is 29.6 Å². The molecule has 106 valence electrons. The highest BCUT2D eigenvalue weighted by atomic mass is 35.5. The molecule has 2 aromatic rings. The van der Waals surface area contributed by atoms with Gasteiger partial charge in [0.2, 0.25) is 0 Å². The van der Waals surface area contributed by atoms with E-state index in [4.69, 9.17) is 21.8 Å². The van der Waals surface area contributed by atoms with Gasteiger partial charge in [-0.2, -0.15) is 0 Å². The van der Waals surface area contributed by atoms with Gasteiger partial charge in [-0.05, 0) is 36.8 Å². The molecule has 1 aromatic carbocycles. The first-order valence-electron chi connectivity index (χ1n) is 6.46. The molecule has 0 spiro atoms. The molecule has 0 atom stereocenters. The molecule has 0 aliphatic heterocycles. The Kier molecular flexibility index (Phi) is 4.82. The molecule has 0 aliphatic carbocycles. The van der Waals surface area contributed by atoms with E-state index in [1.807, 2.05) is 31.2 Å². The first kappa shape index (κ1) is 14.6. The van der Waals surface area contributed by atoms with Gasteiger partial charge in [0.05, 0.1) is 6.54 Å². The molecule has 1 aromatic heterocycles. The Morgan fingerprint density at radius 1 is 1.35 bits per heavy atom. The van der Waals surface area contributed by atoms with E-state index in [1.165, 1.54) is 0 Å². The molecule has 2 rings (SSSR count). The van der Waals surface area contributed by atoms with E-state index < -0.39 is 0 Å². The van der Waals surface area contributed by atoms with Gasteiger partial charge in [-0.1, -0.05) is 23.7 Å². The number of rotatable bonds is 5. The number of benzene rings is 1. The molecular weight excluding hydrogens is 276 g/mol. The van der Waals surface area contributed by atoms with Crippen molar-refractivity contribution < 1.29 is 9.21 Å². The Labute approximate surface area is 123 Å². The largest absolute Gasteiger partial charge is 0.455 e. The highest BCUT2D eigenvalue weighted by Gasteiger charge is 2.18. The average Bonchev–Trinajstić information content (AvgIpc) is 2.93. The minimum Gasteiger partial charge on any atom is -0.455 e. The van der Waals surface area contributed by atoms with Crippen LogP contribution >= 0.6 is 11.6 Å². The fraction of sp³-hybridized carbons (Fsp3) is 0.267. The lowest BCUT2D eigenvalue weighted by atomic mass is 10.2. The third-order valence-electron chi connectivity index (χ3n) is 3.01. The predicted molar refractivity (Wildman–Crippen MR) is 78.5 cm³/mol. The lowest BCUT2D eigenvalue weighted by Crippen LogP contribution is -2.30. The zero-order valence-corrected chi connectivity index (χ0v) is 12.1. The molecular formula is C15H17ClN2O2. The van der Waals surface area contributed by atoms with Crippen LogP contribution in [0.25, 0.3) is 0 Å². The average molecular weight is 293 g/mol. The predicted octanol–water partition coefficient (Wildman–Crippen LogP) is 3.05. The van der Waals surface area contributed by atoms with Gasteiger partial charge in [0.15, 0.2) is 5.76 Å². The maximum Gasteiger partial charge on any atom is 0.289 e. The van der Waals surface area contributed by atoms with Crippen molar-refractivity contribution >= 4 is 17.5 Å². The number of halogens is 1. The number of hydrogen-bond acceptors (Lipinski definition) is 3. The summed E-state index contributed by atoms with van der Waals surface area (Å²) in [5, 5.41) is 0.661. The van der Waals surface area contributed by atoms with E-state index in [0.717, 1.165) is 5.56 Å². The van der Waals surface area contributed by atoms with Crippen LogP contribution in [0.15, 0.2) is 40.8 Å². The van der Waals surface area contributed by atoms with Gasteiger partial charge in [0.1, 0.15) is 5.76 Å². The second-order valence-electron chi connectivity index (χ2n) is 4.42. The summed E-state index contributed by atoms with van der Waals surface area (Å²) in [7, 11) is 0. The second kappa shape index (κ2) is 6.59. The highest BCUT2D eigenvalue weighted by Crippen LogP contribution is 2.15. The van der Waals surface area contributed by atoms with E-state index in [-0.39, 0.29) is 12.5 Å². The van der Waals surface area contributed by atoms with Crippen LogP contribution in [0, 0.1) is 0 Å². The number of amides is 1. The fourth-order valence-corrected chi connectivity index (χ4v) is 2.15. The maximum atomic E-state index is 12.4. The molecule has 0 saturated carbocycles. The smallest absolute Gasteiger partial charge is 0.289 e. The summed E-state index contributed by atoms with van der Waals surface area (Å²) in [5.41, 5.74) is 6.46. The first-order chi connectivity index (χ1) is 9.63. The van der Waals surface area contributed by atoms with E-state index in [1.54, 1.807) is 17.0 Å². The van der Waals surface area contributed by atoms with Crippen molar-refractivity contribution in [1.82, 2.24) is 4.90 Å². The Morgan fingerprint density at radius 2 is 2.15 bits per heavy atom. The maximum absolute atomic E-state index is 12.4. The Bertz CT molecular complexity index is 595. The van der Waals surface area contributed by atoms with Gasteiger partial charge in [0, 0.05) is 18.1 Å². The summed E-state index contributed by atoms with van der Waals surface area (Å²) in [4.78, 5) is 14.1. The molecule has 4 nitrogen and oxygen atoms in total. The zero-order valence-electron chi connectivity index (χ0n) is 11.3. The number of hydrogen-bond donors (Lipinski definition) is 1. The van der Waals surface area contributed by atoms with Crippen molar-refractivity contribution in [1.29, 1.82) is 0 Å². The van der Waals surface area contributed by atoms with Gasteiger partial charge in [-0.15, -0.1) is 0 Å². The standard InChI is InChI=1S/C15H17ClN2O2/c1-2-18(10-11-4-3-5-12(16)8-11)15(19)14-7-6-13(9-17)20-14/h3-8H,2,9-10,17H2,1H3. The molecule has 0 unspecified atom stereocenters. The molecule has 0 bridgehead atoms. The molecule has 5 heteroatoms. The van der Waals surface area contributed by atoms with Crippen LogP contribution in [0.2, 0.25) is 5.02 Å². The van der Waals surface area contributed by atoms with Crippen molar-refractivity contribution in [3.8, 4) is 0 Å². The highest BCUT2D eigenvalue weighted by molar-refractivity contribution is 6.30. The minimum absolute atomic E-state index is 0.146. The summed E-state index contributed by atoms with van der Waals surface area (Å²) in [6, 6.07) is 10.9. The van der Waals surface area contributed by atoms with Crippen molar-refractivity contribution in [3.05, 3.63) is 58.5 Å². The van der Waals surface area contributed by atoms with E-state index >= 15 is 0 Å². The number of furan rings is 1. The number of nitrogens with two attached hydrogens (primary N) is 1. The lowest BCUT2D eigenvalue weighted by molar-refractivity contribution is 0.0718. The van der Waals surface area contributed by atoms with Crippen molar-refractivity contribution in [2.75, 3.05) is 6.54 Å². The summed E-state index contributed by atoms with van der Waals surface area (Å²) in [6.45, 7) is 3.29. The van der Waals surface area contributed by atoms with Crippen LogP contribution in [0.1, 0.15) is 28.8 Å². The van der Waals surface area contributed by atoms with Crippen LogP contribution < -0.4 is 5.73 Å². The Balaban J connectivity index is 2.13. The Hall–Kier alpha value is -1.78. The number of carbonyl (C=O) groups is 1. The molecule has 1 heterocycles. The number of nitrogens with zero attached hydrogens (tertiary/aromatic N) is 1. The van der Waals surface area contributed by atoms with Gasteiger partial charge in [-0.25, -0.2) is 0 Å². The van der Waals surface area contributed by atoms with E-state index in [9.17, 15) is 4.79 Å². The molecule has 20 heavy (non-hydrogen) atoms. The summed E-state index contributed by atoms with van der Waals surface area (Å²) in [5.74, 6) is 0.772. The van der Waals surface area contributed by atoms with Crippen molar-refractivity contribution in [2.24, 2.45) is 5.73 Å².